The highest BCUT2D eigenvalue weighted by Crippen LogP contribution is 2.25. The van der Waals surface area contributed by atoms with Crippen molar-refractivity contribution in [1.29, 1.82) is 0 Å². The molecule has 0 fully saturated rings. The van der Waals surface area contributed by atoms with Gasteiger partial charge in [0, 0.05) is 22.4 Å². The summed E-state index contributed by atoms with van der Waals surface area (Å²) in [5, 5.41) is 9.22. The van der Waals surface area contributed by atoms with Gasteiger partial charge in [0.2, 0.25) is 0 Å². The van der Waals surface area contributed by atoms with Gasteiger partial charge in [0.25, 0.3) is 0 Å². The molecule has 0 unspecified atom stereocenters. The van der Waals surface area contributed by atoms with Crippen LogP contribution < -0.4 is 4.90 Å². The molecule has 0 radical (unpaired) electrons. The van der Waals surface area contributed by atoms with Crippen LogP contribution in [0, 0.1) is 6.92 Å². The van der Waals surface area contributed by atoms with E-state index in [1.54, 1.807) is 0 Å². The van der Waals surface area contributed by atoms with Crippen LogP contribution >= 0.6 is 15.9 Å². The number of rotatable bonds is 5. The third kappa shape index (κ3) is 3.58. The van der Waals surface area contributed by atoms with E-state index in [2.05, 4.69) is 32.7 Å². The second kappa shape index (κ2) is 6.86. The maximum atomic E-state index is 9.22. The summed E-state index contributed by atoms with van der Waals surface area (Å²) >= 11 is 3.50. The Morgan fingerprint density at radius 1 is 1.25 bits per heavy atom. The molecule has 0 aliphatic heterocycles. The van der Waals surface area contributed by atoms with Crippen LogP contribution in [0.4, 0.5) is 5.69 Å². The Hall–Kier alpha value is -1.39. The molecule has 1 N–H and O–H groups in total. The molecule has 2 aromatic rings. The summed E-state index contributed by atoms with van der Waals surface area (Å²) in [5.41, 5.74) is 4.13. The molecule has 0 spiro atoms. The van der Waals surface area contributed by atoms with Gasteiger partial charge in [-0.25, -0.2) is 0 Å². The summed E-state index contributed by atoms with van der Waals surface area (Å²) in [5.74, 6) is 0. The third-order valence-electron chi connectivity index (χ3n) is 3.25. The number of nitrogens with zero attached hydrogens (tertiary/aromatic N) is 2. The topological polar surface area (TPSA) is 36.4 Å². The molecule has 2 rings (SSSR count). The molecular weight excluding hydrogens is 316 g/mol. The van der Waals surface area contributed by atoms with E-state index in [9.17, 15) is 5.11 Å². The largest absolute Gasteiger partial charge is 0.392 e. The summed E-state index contributed by atoms with van der Waals surface area (Å²) in [7, 11) is 0. The highest BCUT2D eigenvalue weighted by atomic mass is 79.9. The number of pyridine rings is 1. The third-order valence-corrected chi connectivity index (χ3v) is 3.99. The number of aliphatic hydroxyl groups is 1. The monoisotopic (exact) mass is 334 g/mol. The maximum absolute atomic E-state index is 9.22. The van der Waals surface area contributed by atoms with Crippen LogP contribution in [-0.2, 0) is 13.2 Å². The van der Waals surface area contributed by atoms with E-state index < -0.39 is 0 Å². The van der Waals surface area contributed by atoms with Crippen molar-refractivity contribution in [2.45, 2.75) is 27.0 Å². The number of aryl methyl sites for hydroxylation is 1. The lowest BCUT2D eigenvalue weighted by molar-refractivity contribution is 0.281. The quantitative estimate of drug-likeness (QED) is 0.906. The van der Waals surface area contributed by atoms with Gasteiger partial charge in [-0.05, 0) is 43.7 Å². The SMILES string of the molecule is CCN(Cc1cccc(C)n1)c1ccc(CO)c(Br)c1. The average molecular weight is 335 g/mol. The highest BCUT2D eigenvalue weighted by Gasteiger charge is 2.08. The first-order valence-corrected chi connectivity index (χ1v) is 7.50. The Morgan fingerprint density at radius 2 is 2.05 bits per heavy atom. The van der Waals surface area contributed by atoms with Gasteiger partial charge in [-0.2, -0.15) is 0 Å². The van der Waals surface area contributed by atoms with Crippen molar-refractivity contribution in [3.8, 4) is 0 Å². The Bertz CT molecular complexity index is 586. The van der Waals surface area contributed by atoms with Crippen LogP contribution in [0.15, 0.2) is 40.9 Å². The van der Waals surface area contributed by atoms with Crippen LogP contribution in [0.1, 0.15) is 23.9 Å². The number of aromatic nitrogens is 1. The Balaban J connectivity index is 2.22. The number of aliphatic hydroxyl groups excluding tert-OH is 1. The molecule has 1 heterocycles. The van der Waals surface area contributed by atoms with Gasteiger partial charge >= 0.3 is 0 Å². The van der Waals surface area contributed by atoms with Crippen molar-refractivity contribution in [1.82, 2.24) is 4.98 Å². The first-order valence-electron chi connectivity index (χ1n) is 6.70. The van der Waals surface area contributed by atoms with Gasteiger partial charge in [-0.3, -0.25) is 4.98 Å². The van der Waals surface area contributed by atoms with E-state index in [1.807, 2.05) is 43.3 Å². The zero-order chi connectivity index (χ0) is 14.5. The minimum absolute atomic E-state index is 0.0480. The first-order chi connectivity index (χ1) is 9.63. The first kappa shape index (κ1) is 15.0. The molecule has 0 aliphatic rings. The summed E-state index contributed by atoms with van der Waals surface area (Å²) in [6, 6.07) is 12.1. The smallest absolute Gasteiger partial charge is 0.0692 e. The lowest BCUT2D eigenvalue weighted by Crippen LogP contribution is -2.22. The second-order valence-corrected chi connectivity index (χ2v) is 5.57. The molecule has 0 saturated heterocycles. The van der Waals surface area contributed by atoms with Crippen LogP contribution in [0.2, 0.25) is 0 Å². The van der Waals surface area contributed by atoms with Gasteiger partial charge in [0.1, 0.15) is 0 Å². The van der Waals surface area contributed by atoms with Crippen molar-refractivity contribution in [2.75, 3.05) is 11.4 Å². The predicted octanol–water partition coefficient (Wildman–Crippen LogP) is 3.67. The molecule has 1 aromatic heterocycles. The molecule has 3 nitrogen and oxygen atoms in total. The number of hydrogen-bond acceptors (Lipinski definition) is 3. The molecule has 4 heteroatoms. The molecule has 106 valence electrons. The predicted molar refractivity (Wildman–Crippen MR) is 85.8 cm³/mol. The molecule has 0 atom stereocenters. The normalized spacial score (nSPS) is 10.6. The van der Waals surface area contributed by atoms with E-state index in [-0.39, 0.29) is 6.61 Å². The van der Waals surface area contributed by atoms with Crippen molar-refractivity contribution in [2.24, 2.45) is 0 Å². The fraction of sp³-hybridized carbons (Fsp3) is 0.312. The lowest BCUT2D eigenvalue weighted by atomic mass is 10.2. The van der Waals surface area contributed by atoms with Gasteiger partial charge in [-0.1, -0.05) is 28.1 Å². The van der Waals surface area contributed by atoms with E-state index in [0.29, 0.717) is 0 Å². The van der Waals surface area contributed by atoms with E-state index in [4.69, 9.17) is 0 Å². The number of hydrogen-bond donors (Lipinski definition) is 1. The minimum atomic E-state index is 0.0480. The molecule has 0 saturated carbocycles. The zero-order valence-electron chi connectivity index (χ0n) is 11.8. The van der Waals surface area contributed by atoms with Gasteiger partial charge in [0.05, 0.1) is 18.8 Å². The van der Waals surface area contributed by atoms with Crippen LogP contribution in [0.25, 0.3) is 0 Å². The standard InChI is InChI=1S/C16H19BrN2O/c1-3-19(10-14-6-4-5-12(2)18-14)15-8-7-13(11-20)16(17)9-15/h4-9,20H,3,10-11H2,1-2H3. The van der Waals surface area contributed by atoms with E-state index >= 15 is 0 Å². The summed E-state index contributed by atoms with van der Waals surface area (Å²) < 4.78 is 0.938. The summed E-state index contributed by atoms with van der Waals surface area (Å²) in [4.78, 5) is 6.81. The molecule has 1 aromatic carbocycles. The fourth-order valence-electron chi connectivity index (χ4n) is 2.13. The van der Waals surface area contributed by atoms with Gasteiger partial charge in [0.15, 0.2) is 0 Å². The van der Waals surface area contributed by atoms with Crippen LogP contribution in [-0.4, -0.2) is 16.6 Å². The van der Waals surface area contributed by atoms with Crippen molar-refractivity contribution >= 4 is 21.6 Å². The maximum Gasteiger partial charge on any atom is 0.0692 e. The average Bonchev–Trinajstić information content (AvgIpc) is 2.44. The summed E-state index contributed by atoms with van der Waals surface area (Å²) in [6.07, 6.45) is 0. The van der Waals surface area contributed by atoms with Crippen molar-refractivity contribution in [3.63, 3.8) is 0 Å². The van der Waals surface area contributed by atoms with Crippen LogP contribution in [0.5, 0.6) is 0 Å². The molecule has 20 heavy (non-hydrogen) atoms. The molecular formula is C16H19BrN2O. The van der Waals surface area contributed by atoms with Crippen LogP contribution in [0.3, 0.4) is 0 Å². The van der Waals surface area contributed by atoms with Crippen molar-refractivity contribution < 1.29 is 5.11 Å². The highest BCUT2D eigenvalue weighted by molar-refractivity contribution is 9.10. The van der Waals surface area contributed by atoms with E-state index in [0.717, 1.165) is 40.2 Å². The van der Waals surface area contributed by atoms with E-state index in [1.165, 1.54) is 0 Å². The lowest BCUT2D eigenvalue weighted by Gasteiger charge is -2.23. The molecule has 0 aliphatic carbocycles. The summed E-state index contributed by atoms with van der Waals surface area (Å²) in [6.45, 7) is 5.87. The number of anilines is 1. The van der Waals surface area contributed by atoms with Crippen molar-refractivity contribution in [3.05, 3.63) is 57.8 Å². The second-order valence-electron chi connectivity index (χ2n) is 4.72. The molecule has 0 amide bonds. The van der Waals surface area contributed by atoms with Gasteiger partial charge < -0.3 is 10.0 Å². The zero-order valence-corrected chi connectivity index (χ0v) is 13.4. The Morgan fingerprint density at radius 3 is 2.65 bits per heavy atom. The Labute approximate surface area is 128 Å². The number of halogens is 1. The Kier molecular flexibility index (Phi) is 5.15. The number of benzene rings is 1. The fourth-order valence-corrected chi connectivity index (χ4v) is 2.62. The molecule has 0 bridgehead atoms. The minimum Gasteiger partial charge on any atom is -0.392 e. The van der Waals surface area contributed by atoms with Gasteiger partial charge in [-0.15, -0.1) is 0 Å².